The minimum absolute atomic E-state index is 0.0554. The molecule has 0 radical (unpaired) electrons. The van der Waals surface area contributed by atoms with Gasteiger partial charge in [-0.3, -0.25) is 9.59 Å². The van der Waals surface area contributed by atoms with E-state index in [1.165, 1.54) is 4.57 Å². The minimum Gasteiger partial charge on any atom is -0.393 e. The molecule has 5 heteroatoms. The SMILES string of the molecule is Cc1cccn(CC(=O)N(C)CC2CCCCC2O)c1=O. The molecule has 0 aliphatic heterocycles. The molecule has 0 saturated heterocycles. The number of carbonyl (C=O) groups excluding carboxylic acids is 1. The first kappa shape index (κ1) is 15.8. The molecule has 2 rings (SSSR count). The van der Waals surface area contributed by atoms with Gasteiger partial charge in [-0.1, -0.05) is 18.9 Å². The van der Waals surface area contributed by atoms with E-state index in [2.05, 4.69) is 0 Å². The molecule has 0 spiro atoms. The van der Waals surface area contributed by atoms with Crippen molar-refractivity contribution in [2.24, 2.45) is 5.92 Å². The van der Waals surface area contributed by atoms with Crippen LogP contribution >= 0.6 is 0 Å². The number of pyridine rings is 1. The van der Waals surface area contributed by atoms with Crippen LogP contribution in [0.3, 0.4) is 0 Å². The number of aromatic nitrogens is 1. The summed E-state index contributed by atoms with van der Waals surface area (Å²) in [5, 5.41) is 9.98. The molecule has 0 aromatic carbocycles. The highest BCUT2D eigenvalue weighted by Crippen LogP contribution is 2.24. The third-order valence-electron chi connectivity index (χ3n) is 4.32. The maximum Gasteiger partial charge on any atom is 0.253 e. The molecule has 0 bridgehead atoms. The van der Waals surface area contributed by atoms with Crippen molar-refractivity contribution in [1.29, 1.82) is 0 Å². The monoisotopic (exact) mass is 292 g/mol. The van der Waals surface area contributed by atoms with Crippen molar-refractivity contribution < 1.29 is 9.90 Å². The molecule has 1 fully saturated rings. The predicted octanol–water partition coefficient (Wildman–Crippen LogP) is 1.17. The van der Waals surface area contributed by atoms with Gasteiger partial charge in [0.2, 0.25) is 5.91 Å². The fourth-order valence-electron chi connectivity index (χ4n) is 2.90. The first-order valence-corrected chi connectivity index (χ1v) is 7.57. The highest BCUT2D eigenvalue weighted by molar-refractivity contribution is 5.75. The number of hydrogen-bond acceptors (Lipinski definition) is 3. The molecule has 1 aliphatic carbocycles. The van der Waals surface area contributed by atoms with Crippen LogP contribution in [0.1, 0.15) is 31.2 Å². The van der Waals surface area contributed by atoms with Gasteiger partial charge in [-0.25, -0.2) is 0 Å². The van der Waals surface area contributed by atoms with Crippen LogP contribution in [-0.2, 0) is 11.3 Å². The van der Waals surface area contributed by atoms with E-state index in [4.69, 9.17) is 0 Å². The Morgan fingerprint density at radius 2 is 2.14 bits per heavy atom. The smallest absolute Gasteiger partial charge is 0.253 e. The van der Waals surface area contributed by atoms with E-state index in [0.717, 1.165) is 25.7 Å². The predicted molar refractivity (Wildman–Crippen MR) is 81.0 cm³/mol. The van der Waals surface area contributed by atoms with Crippen LogP contribution in [0.5, 0.6) is 0 Å². The summed E-state index contributed by atoms with van der Waals surface area (Å²) in [5.41, 5.74) is 0.507. The average molecular weight is 292 g/mol. The van der Waals surface area contributed by atoms with Gasteiger partial charge in [0.05, 0.1) is 6.10 Å². The molecule has 1 N–H and O–H groups in total. The van der Waals surface area contributed by atoms with Gasteiger partial charge in [-0.05, 0) is 25.8 Å². The van der Waals surface area contributed by atoms with E-state index >= 15 is 0 Å². The van der Waals surface area contributed by atoms with Crippen LogP contribution in [0.25, 0.3) is 0 Å². The number of carbonyl (C=O) groups is 1. The Morgan fingerprint density at radius 3 is 2.86 bits per heavy atom. The van der Waals surface area contributed by atoms with Crippen LogP contribution < -0.4 is 5.56 Å². The van der Waals surface area contributed by atoms with E-state index in [-0.39, 0.29) is 30.0 Å². The molecule has 1 aliphatic rings. The standard InChI is InChI=1S/C16H24N2O3/c1-12-6-5-9-18(16(12)21)11-15(20)17(2)10-13-7-3-4-8-14(13)19/h5-6,9,13-14,19H,3-4,7-8,10-11H2,1-2H3. The Morgan fingerprint density at radius 1 is 1.43 bits per heavy atom. The lowest BCUT2D eigenvalue weighted by Crippen LogP contribution is -2.40. The highest BCUT2D eigenvalue weighted by atomic mass is 16.3. The Kier molecular flexibility index (Phi) is 5.17. The van der Waals surface area contributed by atoms with Crippen molar-refractivity contribution >= 4 is 5.91 Å². The van der Waals surface area contributed by atoms with Crippen molar-refractivity contribution in [3.63, 3.8) is 0 Å². The number of aliphatic hydroxyl groups excluding tert-OH is 1. The lowest BCUT2D eigenvalue weighted by Gasteiger charge is -2.31. The van der Waals surface area contributed by atoms with Gasteiger partial charge in [0.1, 0.15) is 6.54 Å². The van der Waals surface area contributed by atoms with Crippen LogP contribution in [0.15, 0.2) is 23.1 Å². The molecule has 2 atom stereocenters. The van der Waals surface area contributed by atoms with Crippen molar-refractivity contribution in [3.8, 4) is 0 Å². The van der Waals surface area contributed by atoms with E-state index in [9.17, 15) is 14.7 Å². The quantitative estimate of drug-likeness (QED) is 0.906. The van der Waals surface area contributed by atoms with E-state index in [1.54, 1.807) is 37.2 Å². The summed E-state index contributed by atoms with van der Waals surface area (Å²) in [6.45, 7) is 2.35. The highest BCUT2D eigenvalue weighted by Gasteiger charge is 2.25. The fourth-order valence-corrected chi connectivity index (χ4v) is 2.90. The summed E-state index contributed by atoms with van der Waals surface area (Å²) in [6.07, 6.45) is 5.29. The summed E-state index contributed by atoms with van der Waals surface area (Å²) in [5.74, 6) is 0.0578. The summed E-state index contributed by atoms with van der Waals surface area (Å²) < 4.78 is 1.44. The zero-order valence-corrected chi connectivity index (χ0v) is 12.8. The number of aliphatic hydroxyl groups is 1. The van der Waals surface area contributed by atoms with E-state index in [1.807, 2.05) is 0 Å². The average Bonchev–Trinajstić information content (AvgIpc) is 2.46. The van der Waals surface area contributed by atoms with Crippen LogP contribution in [-0.4, -0.2) is 40.2 Å². The van der Waals surface area contributed by atoms with Crippen molar-refractivity contribution in [3.05, 3.63) is 34.2 Å². The lowest BCUT2D eigenvalue weighted by atomic mass is 9.86. The molecule has 2 unspecified atom stereocenters. The molecule has 1 amide bonds. The first-order chi connectivity index (χ1) is 9.99. The molecule has 1 heterocycles. The molecule has 1 aromatic heterocycles. The maximum absolute atomic E-state index is 12.2. The molecule has 1 saturated carbocycles. The van der Waals surface area contributed by atoms with Gasteiger partial charge in [-0.2, -0.15) is 0 Å². The second-order valence-corrected chi connectivity index (χ2v) is 6.01. The third kappa shape index (κ3) is 3.94. The largest absolute Gasteiger partial charge is 0.393 e. The zero-order chi connectivity index (χ0) is 15.4. The molecule has 116 valence electrons. The number of likely N-dealkylation sites (N-methyl/N-ethyl adjacent to an activating group) is 1. The van der Waals surface area contributed by atoms with Gasteiger partial charge in [0.15, 0.2) is 0 Å². The second kappa shape index (κ2) is 6.89. The van der Waals surface area contributed by atoms with Crippen molar-refractivity contribution in [1.82, 2.24) is 9.47 Å². The van der Waals surface area contributed by atoms with Crippen LogP contribution in [0.2, 0.25) is 0 Å². The fraction of sp³-hybridized carbons (Fsp3) is 0.625. The molecule has 5 nitrogen and oxygen atoms in total. The summed E-state index contributed by atoms with van der Waals surface area (Å²) in [6, 6.07) is 3.51. The van der Waals surface area contributed by atoms with Gasteiger partial charge in [0.25, 0.3) is 5.56 Å². The number of amides is 1. The Hall–Kier alpha value is -1.62. The summed E-state index contributed by atoms with van der Waals surface area (Å²) >= 11 is 0. The van der Waals surface area contributed by atoms with Gasteiger partial charge in [-0.15, -0.1) is 0 Å². The topological polar surface area (TPSA) is 62.5 Å². The molecule has 1 aromatic rings. The summed E-state index contributed by atoms with van der Waals surface area (Å²) in [7, 11) is 1.74. The first-order valence-electron chi connectivity index (χ1n) is 7.57. The van der Waals surface area contributed by atoms with Crippen molar-refractivity contribution in [2.75, 3.05) is 13.6 Å². The molecular formula is C16H24N2O3. The normalized spacial score (nSPS) is 22.0. The number of aryl methyl sites for hydroxylation is 1. The van der Waals surface area contributed by atoms with Gasteiger partial charge >= 0.3 is 0 Å². The number of rotatable bonds is 4. The van der Waals surface area contributed by atoms with Crippen molar-refractivity contribution in [2.45, 2.75) is 45.3 Å². The van der Waals surface area contributed by atoms with Crippen LogP contribution in [0, 0.1) is 12.8 Å². The minimum atomic E-state index is -0.310. The van der Waals surface area contributed by atoms with E-state index < -0.39 is 0 Å². The maximum atomic E-state index is 12.2. The lowest BCUT2D eigenvalue weighted by molar-refractivity contribution is -0.131. The third-order valence-corrected chi connectivity index (χ3v) is 4.32. The number of nitrogens with zero attached hydrogens (tertiary/aromatic N) is 2. The Balaban J connectivity index is 1.96. The van der Waals surface area contributed by atoms with Gasteiger partial charge in [0, 0.05) is 31.3 Å². The van der Waals surface area contributed by atoms with Gasteiger partial charge < -0.3 is 14.6 Å². The number of hydrogen-bond donors (Lipinski definition) is 1. The van der Waals surface area contributed by atoms with E-state index in [0.29, 0.717) is 12.1 Å². The molecular weight excluding hydrogens is 268 g/mol. The van der Waals surface area contributed by atoms with Crippen LogP contribution in [0.4, 0.5) is 0 Å². The Bertz CT molecular complexity index is 553. The summed E-state index contributed by atoms with van der Waals surface area (Å²) in [4.78, 5) is 25.8. The zero-order valence-electron chi connectivity index (χ0n) is 12.8. The molecule has 21 heavy (non-hydrogen) atoms. The Labute approximate surface area is 125 Å². The second-order valence-electron chi connectivity index (χ2n) is 6.01.